The highest BCUT2D eigenvalue weighted by atomic mass is 16.1. The summed E-state index contributed by atoms with van der Waals surface area (Å²) in [6, 6.07) is 3.50. The number of carbonyl (C=O) groups is 1. The lowest BCUT2D eigenvalue weighted by Gasteiger charge is -2.22. The molecule has 1 atom stereocenters. The van der Waals surface area contributed by atoms with Crippen molar-refractivity contribution in [2.24, 2.45) is 5.92 Å². The second-order valence-electron chi connectivity index (χ2n) is 5.30. The van der Waals surface area contributed by atoms with Gasteiger partial charge in [0.1, 0.15) is 12.1 Å². The molecule has 0 saturated carbocycles. The van der Waals surface area contributed by atoms with Crippen LogP contribution in [0, 0.1) is 5.92 Å². The van der Waals surface area contributed by atoms with E-state index < -0.39 is 0 Å². The van der Waals surface area contributed by atoms with E-state index in [9.17, 15) is 4.79 Å². The van der Waals surface area contributed by atoms with Crippen molar-refractivity contribution in [1.29, 1.82) is 0 Å². The molecule has 2 N–H and O–H groups in total. The third-order valence-corrected chi connectivity index (χ3v) is 3.73. The minimum Gasteiger partial charge on any atom is -0.352 e. The maximum atomic E-state index is 12.2. The van der Waals surface area contributed by atoms with Crippen LogP contribution in [0.1, 0.15) is 23.2 Å². The first-order chi connectivity index (χ1) is 10.3. The van der Waals surface area contributed by atoms with Gasteiger partial charge in [0.25, 0.3) is 5.91 Å². The Balaban J connectivity index is 1.63. The number of amides is 1. The molecule has 21 heavy (non-hydrogen) atoms. The van der Waals surface area contributed by atoms with E-state index in [-0.39, 0.29) is 5.91 Å². The summed E-state index contributed by atoms with van der Waals surface area (Å²) in [7, 11) is 0. The number of aromatic nitrogens is 3. The molecule has 2 aromatic heterocycles. The van der Waals surface area contributed by atoms with E-state index in [1.54, 1.807) is 41.6 Å². The third-order valence-electron chi connectivity index (χ3n) is 3.73. The summed E-state index contributed by atoms with van der Waals surface area (Å²) >= 11 is 0. The summed E-state index contributed by atoms with van der Waals surface area (Å²) in [6.07, 6.45) is 9.15. The Bertz CT molecular complexity index is 590. The van der Waals surface area contributed by atoms with Gasteiger partial charge >= 0.3 is 0 Å². The van der Waals surface area contributed by atoms with Crippen LogP contribution in [-0.2, 0) is 0 Å². The smallest absolute Gasteiger partial charge is 0.251 e. The SMILES string of the molecule is O=C(NCC1CCCNC1)c1ccnc(-n2ccnc2)c1. The first-order valence-electron chi connectivity index (χ1n) is 7.26. The Hall–Kier alpha value is -2.21. The van der Waals surface area contributed by atoms with Crippen LogP contribution in [0.3, 0.4) is 0 Å². The predicted molar refractivity (Wildman–Crippen MR) is 79.3 cm³/mol. The van der Waals surface area contributed by atoms with Crippen LogP contribution in [0.4, 0.5) is 0 Å². The van der Waals surface area contributed by atoms with Gasteiger partial charge in [-0.2, -0.15) is 0 Å². The molecule has 0 bridgehead atoms. The van der Waals surface area contributed by atoms with Gasteiger partial charge in [0.15, 0.2) is 0 Å². The topological polar surface area (TPSA) is 71.8 Å². The molecule has 1 unspecified atom stereocenters. The largest absolute Gasteiger partial charge is 0.352 e. The van der Waals surface area contributed by atoms with E-state index in [4.69, 9.17) is 0 Å². The molecule has 0 spiro atoms. The predicted octanol–water partition coefficient (Wildman–Crippen LogP) is 0.997. The summed E-state index contributed by atoms with van der Waals surface area (Å²) in [4.78, 5) is 20.5. The number of carbonyl (C=O) groups excluding carboxylic acids is 1. The van der Waals surface area contributed by atoms with Crippen molar-refractivity contribution in [2.75, 3.05) is 19.6 Å². The molecule has 1 saturated heterocycles. The lowest BCUT2D eigenvalue weighted by atomic mass is 10.00. The molecule has 1 amide bonds. The monoisotopic (exact) mass is 285 g/mol. The van der Waals surface area contributed by atoms with Crippen LogP contribution >= 0.6 is 0 Å². The Morgan fingerprint density at radius 1 is 1.48 bits per heavy atom. The lowest BCUT2D eigenvalue weighted by molar-refractivity contribution is 0.0944. The Kier molecular flexibility index (Phi) is 4.25. The van der Waals surface area contributed by atoms with Gasteiger partial charge < -0.3 is 10.6 Å². The Morgan fingerprint density at radius 2 is 2.43 bits per heavy atom. The maximum absolute atomic E-state index is 12.2. The molecular weight excluding hydrogens is 266 g/mol. The van der Waals surface area contributed by atoms with Crippen molar-refractivity contribution in [1.82, 2.24) is 25.2 Å². The number of piperidine rings is 1. The minimum atomic E-state index is -0.0515. The minimum absolute atomic E-state index is 0.0515. The highest BCUT2D eigenvalue weighted by Gasteiger charge is 2.14. The van der Waals surface area contributed by atoms with Gasteiger partial charge in [-0.15, -0.1) is 0 Å². The van der Waals surface area contributed by atoms with Crippen molar-refractivity contribution >= 4 is 5.91 Å². The normalized spacial score (nSPS) is 18.4. The van der Waals surface area contributed by atoms with Crippen LogP contribution < -0.4 is 10.6 Å². The number of imidazole rings is 1. The molecule has 3 heterocycles. The average Bonchev–Trinajstić information content (AvgIpc) is 3.08. The molecule has 0 aliphatic carbocycles. The van der Waals surface area contributed by atoms with Crippen LogP contribution in [0.15, 0.2) is 37.1 Å². The van der Waals surface area contributed by atoms with Crippen molar-refractivity contribution < 1.29 is 4.79 Å². The van der Waals surface area contributed by atoms with E-state index in [0.29, 0.717) is 23.8 Å². The second-order valence-corrected chi connectivity index (χ2v) is 5.30. The van der Waals surface area contributed by atoms with E-state index in [2.05, 4.69) is 20.6 Å². The molecule has 0 aromatic carbocycles. The zero-order valence-corrected chi connectivity index (χ0v) is 11.8. The summed E-state index contributed by atoms with van der Waals surface area (Å²) in [5.41, 5.74) is 0.623. The first-order valence-corrected chi connectivity index (χ1v) is 7.26. The summed E-state index contributed by atoms with van der Waals surface area (Å²) < 4.78 is 1.78. The molecule has 6 heteroatoms. The zero-order valence-electron chi connectivity index (χ0n) is 11.8. The number of hydrogen-bond acceptors (Lipinski definition) is 4. The molecule has 2 aromatic rings. The van der Waals surface area contributed by atoms with Gasteiger partial charge in [-0.3, -0.25) is 9.36 Å². The molecule has 1 aliphatic heterocycles. The quantitative estimate of drug-likeness (QED) is 0.879. The number of nitrogens with one attached hydrogen (secondary N) is 2. The summed E-state index contributed by atoms with van der Waals surface area (Å²) in [6.45, 7) is 2.79. The standard InChI is InChI=1S/C15H19N5O/c21-15(19-10-12-2-1-4-16-9-12)13-3-5-18-14(8-13)20-7-6-17-11-20/h3,5-8,11-12,16H,1-2,4,9-10H2,(H,19,21). The van der Waals surface area contributed by atoms with Gasteiger partial charge in [-0.1, -0.05) is 0 Å². The van der Waals surface area contributed by atoms with Crippen molar-refractivity contribution in [2.45, 2.75) is 12.8 Å². The fourth-order valence-corrected chi connectivity index (χ4v) is 2.53. The van der Waals surface area contributed by atoms with Crippen LogP contribution in [0.25, 0.3) is 5.82 Å². The molecule has 6 nitrogen and oxygen atoms in total. The molecule has 1 aliphatic rings. The van der Waals surface area contributed by atoms with E-state index in [1.807, 2.05) is 0 Å². The molecule has 1 fully saturated rings. The fraction of sp³-hybridized carbons (Fsp3) is 0.400. The van der Waals surface area contributed by atoms with Crippen LogP contribution in [0.5, 0.6) is 0 Å². The molecular formula is C15H19N5O. The Labute approximate surface area is 123 Å². The fourth-order valence-electron chi connectivity index (χ4n) is 2.53. The van der Waals surface area contributed by atoms with Crippen molar-refractivity contribution in [3.8, 4) is 5.82 Å². The third kappa shape index (κ3) is 3.46. The second kappa shape index (κ2) is 6.49. The van der Waals surface area contributed by atoms with Gasteiger partial charge in [0.05, 0.1) is 0 Å². The van der Waals surface area contributed by atoms with Gasteiger partial charge in [-0.25, -0.2) is 9.97 Å². The average molecular weight is 285 g/mol. The summed E-state index contributed by atoms with van der Waals surface area (Å²) in [5.74, 6) is 1.17. The van der Waals surface area contributed by atoms with Gasteiger partial charge in [-0.05, 0) is 44.0 Å². The number of rotatable bonds is 4. The highest BCUT2D eigenvalue weighted by molar-refractivity contribution is 5.94. The molecule has 0 radical (unpaired) electrons. The highest BCUT2D eigenvalue weighted by Crippen LogP contribution is 2.10. The first kappa shape index (κ1) is 13.8. The Morgan fingerprint density at radius 3 is 3.19 bits per heavy atom. The lowest BCUT2D eigenvalue weighted by Crippen LogP contribution is -2.38. The summed E-state index contributed by atoms with van der Waals surface area (Å²) in [5, 5.41) is 6.36. The van der Waals surface area contributed by atoms with Gasteiger partial charge in [0.2, 0.25) is 0 Å². The molecule has 3 rings (SSSR count). The maximum Gasteiger partial charge on any atom is 0.251 e. The zero-order chi connectivity index (χ0) is 14.5. The van der Waals surface area contributed by atoms with Gasteiger partial charge in [0, 0.05) is 30.7 Å². The van der Waals surface area contributed by atoms with E-state index >= 15 is 0 Å². The van der Waals surface area contributed by atoms with Crippen LogP contribution in [-0.4, -0.2) is 40.1 Å². The molecule has 110 valence electrons. The number of hydrogen-bond donors (Lipinski definition) is 2. The van der Waals surface area contributed by atoms with Crippen molar-refractivity contribution in [3.05, 3.63) is 42.6 Å². The van der Waals surface area contributed by atoms with E-state index in [0.717, 1.165) is 13.1 Å². The van der Waals surface area contributed by atoms with Crippen molar-refractivity contribution in [3.63, 3.8) is 0 Å². The number of nitrogens with zero attached hydrogens (tertiary/aromatic N) is 3. The number of pyridine rings is 1. The van der Waals surface area contributed by atoms with E-state index in [1.165, 1.54) is 12.8 Å². The van der Waals surface area contributed by atoms with Crippen LogP contribution in [0.2, 0.25) is 0 Å².